The zero-order valence-corrected chi connectivity index (χ0v) is 8.63. The molecule has 1 heteroatoms. The quantitative estimate of drug-likeness (QED) is 0.588. The van der Waals surface area contributed by atoms with Gasteiger partial charge in [-0.15, -0.1) is 0 Å². The molecule has 3 unspecified atom stereocenters. The largest absolute Gasteiger partial charge is 0.299 e. The predicted octanol–water partition coefficient (Wildman–Crippen LogP) is 2.89. The summed E-state index contributed by atoms with van der Waals surface area (Å²) in [6, 6.07) is 0. The van der Waals surface area contributed by atoms with Crippen molar-refractivity contribution in [2.24, 2.45) is 23.7 Å². The monoisotopic (exact) mass is 168 g/mol. The SMILES string of the molecule is CC1CC(C)C(C(C)C)CC1=O. The summed E-state index contributed by atoms with van der Waals surface area (Å²) in [5.74, 6) is 2.82. The van der Waals surface area contributed by atoms with Crippen molar-refractivity contribution in [3.05, 3.63) is 0 Å². The van der Waals surface area contributed by atoms with Gasteiger partial charge in [0.25, 0.3) is 0 Å². The molecule has 3 atom stereocenters. The summed E-state index contributed by atoms with van der Waals surface area (Å²) in [6.07, 6.45) is 1.92. The molecule has 12 heavy (non-hydrogen) atoms. The van der Waals surface area contributed by atoms with Gasteiger partial charge in [0.1, 0.15) is 5.78 Å². The fourth-order valence-electron chi connectivity index (χ4n) is 2.39. The molecule has 0 spiro atoms. The second kappa shape index (κ2) is 3.59. The molecule has 0 aliphatic heterocycles. The molecule has 0 radical (unpaired) electrons. The van der Waals surface area contributed by atoms with E-state index < -0.39 is 0 Å². The Labute approximate surface area is 75.5 Å². The molecule has 0 aromatic heterocycles. The maximum atomic E-state index is 11.5. The Bertz CT molecular complexity index is 172. The number of carbonyl (C=O) groups excluding carboxylic acids is 1. The van der Waals surface area contributed by atoms with E-state index in [0.717, 1.165) is 18.8 Å². The van der Waals surface area contributed by atoms with Crippen LogP contribution in [0.25, 0.3) is 0 Å². The van der Waals surface area contributed by atoms with Crippen molar-refractivity contribution in [1.29, 1.82) is 0 Å². The van der Waals surface area contributed by atoms with Crippen LogP contribution < -0.4 is 0 Å². The topological polar surface area (TPSA) is 17.1 Å². The van der Waals surface area contributed by atoms with Crippen LogP contribution in [0.4, 0.5) is 0 Å². The molecule has 1 fully saturated rings. The average molecular weight is 168 g/mol. The van der Waals surface area contributed by atoms with Crippen LogP contribution in [0.3, 0.4) is 0 Å². The number of Topliss-reactive ketones (excluding diaryl/α,β-unsaturated/α-hetero) is 1. The number of carbonyl (C=O) groups is 1. The van der Waals surface area contributed by atoms with Crippen molar-refractivity contribution in [3.63, 3.8) is 0 Å². The summed E-state index contributed by atoms with van der Waals surface area (Å²) in [6.45, 7) is 8.80. The van der Waals surface area contributed by atoms with E-state index in [0.29, 0.717) is 23.5 Å². The maximum absolute atomic E-state index is 11.5. The molecule has 1 rings (SSSR count). The van der Waals surface area contributed by atoms with Gasteiger partial charge in [-0.2, -0.15) is 0 Å². The van der Waals surface area contributed by atoms with E-state index >= 15 is 0 Å². The number of hydrogen-bond acceptors (Lipinski definition) is 1. The maximum Gasteiger partial charge on any atom is 0.136 e. The molecule has 0 heterocycles. The van der Waals surface area contributed by atoms with E-state index in [4.69, 9.17) is 0 Å². The molecule has 1 nitrogen and oxygen atoms in total. The van der Waals surface area contributed by atoms with Crippen molar-refractivity contribution in [3.8, 4) is 0 Å². The minimum Gasteiger partial charge on any atom is -0.299 e. The Hall–Kier alpha value is -0.330. The van der Waals surface area contributed by atoms with E-state index in [1.54, 1.807) is 0 Å². The molecular formula is C11H20O. The van der Waals surface area contributed by atoms with Gasteiger partial charge >= 0.3 is 0 Å². The van der Waals surface area contributed by atoms with Crippen molar-refractivity contribution >= 4 is 5.78 Å². The smallest absolute Gasteiger partial charge is 0.136 e. The molecule has 70 valence electrons. The molecule has 1 aliphatic rings. The van der Waals surface area contributed by atoms with Crippen molar-refractivity contribution in [1.82, 2.24) is 0 Å². The highest BCUT2D eigenvalue weighted by atomic mass is 16.1. The third-order valence-electron chi connectivity index (χ3n) is 3.30. The summed E-state index contributed by atoms with van der Waals surface area (Å²) >= 11 is 0. The lowest BCUT2D eigenvalue weighted by molar-refractivity contribution is -0.127. The molecule has 0 aromatic rings. The Morgan fingerprint density at radius 2 is 1.92 bits per heavy atom. The van der Waals surface area contributed by atoms with Crippen molar-refractivity contribution in [2.45, 2.75) is 40.5 Å². The molecule has 0 amide bonds. The summed E-state index contributed by atoms with van der Waals surface area (Å²) in [5, 5.41) is 0. The lowest BCUT2D eigenvalue weighted by Gasteiger charge is -2.34. The minimum absolute atomic E-state index is 0.315. The summed E-state index contributed by atoms with van der Waals surface area (Å²) in [5.41, 5.74) is 0. The predicted molar refractivity (Wildman–Crippen MR) is 50.9 cm³/mol. The Balaban J connectivity index is 2.61. The van der Waals surface area contributed by atoms with Gasteiger partial charge in [-0.1, -0.05) is 27.7 Å². The van der Waals surface area contributed by atoms with E-state index in [-0.39, 0.29) is 0 Å². The summed E-state index contributed by atoms with van der Waals surface area (Å²) in [4.78, 5) is 11.5. The summed E-state index contributed by atoms with van der Waals surface area (Å²) < 4.78 is 0. The highest BCUT2D eigenvalue weighted by molar-refractivity contribution is 5.81. The van der Waals surface area contributed by atoms with E-state index in [1.807, 2.05) is 0 Å². The minimum atomic E-state index is 0.315. The lowest BCUT2D eigenvalue weighted by atomic mass is 9.70. The van der Waals surface area contributed by atoms with Gasteiger partial charge in [-0.3, -0.25) is 4.79 Å². The fourth-order valence-corrected chi connectivity index (χ4v) is 2.39. The van der Waals surface area contributed by atoms with Gasteiger partial charge in [0.15, 0.2) is 0 Å². The lowest BCUT2D eigenvalue weighted by Crippen LogP contribution is -2.32. The molecule has 1 saturated carbocycles. The molecule has 1 aliphatic carbocycles. The van der Waals surface area contributed by atoms with Gasteiger partial charge in [-0.25, -0.2) is 0 Å². The molecule has 0 bridgehead atoms. The van der Waals surface area contributed by atoms with E-state index in [2.05, 4.69) is 27.7 Å². The number of ketones is 1. The van der Waals surface area contributed by atoms with Gasteiger partial charge < -0.3 is 0 Å². The second-order valence-corrected chi connectivity index (χ2v) is 4.69. The zero-order valence-electron chi connectivity index (χ0n) is 8.63. The van der Waals surface area contributed by atoms with Crippen LogP contribution >= 0.6 is 0 Å². The first-order chi connectivity index (χ1) is 5.52. The molecular weight excluding hydrogens is 148 g/mol. The van der Waals surface area contributed by atoms with Crippen molar-refractivity contribution in [2.75, 3.05) is 0 Å². The van der Waals surface area contributed by atoms with Crippen LogP contribution in [-0.2, 0) is 4.79 Å². The fraction of sp³-hybridized carbons (Fsp3) is 0.909. The van der Waals surface area contributed by atoms with Crippen LogP contribution in [0.15, 0.2) is 0 Å². The molecule has 0 saturated heterocycles. The number of rotatable bonds is 1. The standard InChI is InChI=1S/C11H20O/c1-7(2)10-6-11(12)9(4)5-8(10)3/h7-10H,5-6H2,1-4H3. The zero-order chi connectivity index (χ0) is 9.30. The van der Waals surface area contributed by atoms with Crippen LogP contribution in [-0.4, -0.2) is 5.78 Å². The number of hydrogen-bond donors (Lipinski definition) is 0. The molecule has 0 aromatic carbocycles. The third-order valence-corrected chi connectivity index (χ3v) is 3.30. The highest BCUT2D eigenvalue weighted by Gasteiger charge is 2.32. The Kier molecular flexibility index (Phi) is 2.92. The summed E-state index contributed by atoms with van der Waals surface area (Å²) in [7, 11) is 0. The van der Waals surface area contributed by atoms with Crippen LogP contribution in [0.5, 0.6) is 0 Å². The first kappa shape index (κ1) is 9.76. The van der Waals surface area contributed by atoms with Crippen LogP contribution in [0, 0.1) is 23.7 Å². The van der Waals surface area contributed by atoms with Gasteiger partial charge in [0.2, 0.25) is 0 Å². The van der Waals surface area contributed by atoms with Crippen LogP contribution in [0.1, 0.15) is 40.5 Å². The normalized spacial score (nSPS) is 37.4. The Morgan fingerprint density at radius 1 is 1.33 bits per heavy atom. The van der Waals surface area contributed by atoms with E-state index in [1.165, 1.54) is 0 Å². The third kappa shape index (κ3) is 1.88. The van der Waals surface area contributed by atoms with Gasteiger partial charge in [0, 0.05) is 12.3 Å². The first-order valence-electron chi connectivity index (χ1n) is 5.05. The second-order valence-electron chi connectivity index (χ2n) is 4.69. The van der Waals surface area contributed by atoms with Crippen LogP contribution in [0.2, 0.25) is 0 Å². The highest BCUT2D eigenvalue weighted by Crippen LogP contribution is 2.35. The first-order valence-corrected chi connectivity index (χ1v) is 5.05. The van der Waals surface area contributed by atoms with E-state index in [9.17, 15) is 4.79 Å². The average Bonchev–Trinajstić information content (AvgIpc) is 1.96. The van der Waals surface area contributed by atoms with Crippen molar-refractivity contribution < 1.29 is 4.79 Å². The van der Waals surface area contributed by atoms with Gasteiger partial charge in [0.05, 0.1) is 0 Å². The molecule has 0 N–H and O–H groups in total. The van der Waals surface area contributed by atoms with Gasteiger partial charge in [-0.05, 0) is 24.2 Å². The Morgan fingerprint density at radius 3 is 2.42 bits per heavy atom.